The largest absolute Gasteiger partial charge is 0.314 e. The van der Waals surface area contributed by atoms with Gasteiger partial charge in [0.2, 0.25) is 0 Å². The first-order valence-electron chi connectivity index (χ1n) is 6.25. The lowest BCUT2D eigenvalue weighted by Crippen LogP contribution is -2.35. The molecule has 0 radical (unpaired) electrons. The van der Waals surface area contributed by atoms with E-state index < -0.39 is 11.6 Å². The fourth-order valence-electron chi connectivity index (χ4n) is 2.50. The van der Waals surface area contributed by atoms with E-state index in [0.717, 1.165) is 18.5 Å². The fraction of sp³-hybridized carbons (Fsp3) is 0.571. The van der Waals surface area contributed by atoms with E-state index in [4.69, 9.17) is 0 Å². The zero-order valence-electron chi connectivity index (χ0n) is 10.4. The first kappa shape index (κ1) is 12.5. The summed E-state index contributed by atoms with van der Waals surface area (Å²) in [6.07, 6.45) is 3.17. The van der Waals surface area contributed by atoms with Crippen molar-refractivity contribution in [1.29, 1.82) is 0 Å². The van der Waals surface area contributed by atoms with Crippen LogP contribution in [0.4, 0.5) is 8.78 Å². The molecule has 1 aromatic carbocycles. The van der Waals surface area contributed by atoms with Gasteiger partial charge in [-0.3, -0.25) is 0 Å². The quantitative estimate of drug-likeness (QED) is 0.831. The molecule has 0 spiro atoms. The van der Waals surface area contributed by atoms with Gasteiger partial charge in [-0.15, -0.1) is 0 Å². The molecule has 1 N–H and O–H groups in total. The molecule has 1 unspecified atom stereocenters. The van der Waals surface area contributed by atoms with Crippen molar-refractivity contribution in [3.8, 4) is 0 Å². The Morgan fingerprint density at radius 3 is 2.53 bits per heavy atom. The highest BCUT2D eigenvalue weighted by Gasteiger charge is 2.46. The molecule has 1 fully saturated rings. The molecule has 0 heterocycles. The van der Waals surface area contributed by atoms with Gasteiger partial charge in [-0.25, -0.2) is 8.78 Å². The minimum atomic E-state index is -0.765. The topological polar surface area (TPSA) is 12.0 Å². The molecule has 3 heteroatoms. The van der Waals surface area contributed by atoms with E-state index in [1.165, 1.54) is 25.0 Å². The number of benzene rings is 1. The van der Waals surface area contributed by atoms with Crippen molar-refractivity contribution in [1.82, 2.24) is 5.32 Å². The number of hydrogen-bond acceptors (Lipinski definition) is 1. The molecule has 1 saturated carbocycles. The normalized spacial score (nSPS) is 19.1. The monoisotopic (exact) mass is 239 g/mol. The SMILES string of the molecule is CCNC(C)C1(Cc2ccc(F)c(F)c2)CC1. The molecule has 1 aliphatic rings. The van der Waals surface area contributed by atoms with Crippen molar-refractivity contribution in [3.63, 3.8) is 0 Å². The summed E-state index contributed by atoms with van der Waals surface area (Å²) in [6.45, 7) is 5.21. The Bertz CT molecular complexity index is 399. The standard InChI is InChI=1S/C14H19F2N/c1-3-17-10(2)14(6-7-14)9-11-4-5-12(15)13(16)8-11/h4-5,8,10,17H,3,6-7,9H2,1-2H3. The van der Waals surface area contributed by atoms with Crippen LogP contribution in [0.2, 0.25) is 0 Å². The van der Waals surface area contributed by atoms with Crippen LogP contribution in [0.25, 0.3) is 0 Å². The summed E-state index contributed by atoms with van der Waals surface area (Å²) in [6, 6.07) is 4.67. The van der Waals surface area contributed by atoms with Crippen LogP contribution in [0, 0.1) is 17.0 Å². The van der Waals surface area contributed by atoms with Crippen molar-refractivity contribution in [2.75, 3.05) is 6.54 Å². The van der Waals surface area contributed by atoms with Gasteiger partial charge in [0.15, 0.2) is 11.6 Å². The Morgan fingerprint density at radius 1 is 1.29 bits per heavy atom. The van der Waals surface area contributed by atoms with Crippen LogP contribution in [0.3, 0.4) is 0 Å². The highest BCUT2D eigenvalue weighted by Crippen LogP contribution is 2.51. The molecule has 17 heavy (non-hydrogen) atoms. The first-order chi connectivity index (χ1) is 8.07. The first-order valence-corrected chi connectivity index (χ1v) is 6.25. The second kappa shape index (κ2) is 4.73. The average Bonchev–Trinajstić information content (AvgIpc) is 3.05. The second-order valence-corrected chi connectivity index (χ2v) is 5.07. The van der Waals surface area contributed by atoms with E-state index in [1.54, 1.807) is 6.07 Å². The molecule has 1 nitrogen and oxygen atoms in total. The number of halogens is 2. The van der Waals surface area contributed by atoms with Crippen molar-refractivity contribution in [2.45, 2.75) is 39.2 Å². The van der Waals surface area contributed by atoms with Crippen LogP contribution in [0.15, 0.2) is 18.2 Å². The van der Waals surface area contributed by atoms with Crippen molar-refractivity contribution in [3.05, 3.63) is 35.4 Å². The van der Waals surface area contributed by atoms with E-state index >= 15 is 0 Å². The van der Waals surface area contributed by atoms with E-state index in [2.05, 4.69) is 19.2 Å². The third-order valence-corrected chi connectivity index (χ3v) is 3.86. The van der Waals surface area contributed by atoms with Crippen molar-refractivity contribution in [2.24, 2.45) is 5.41 Å². The van der Waals surface area contributed by atoms with Crippen molar-refractivity contribution < 1.29 is 8.78 Å². The molecule has 0 amide bonds. The molecule has 2 rings (SSSR count). The Labute approximate surface area is 101 Å². The molecule has 1 aliphatic carbocycles. The van der Waals surface area contributed by atoms with Gasteiger partial charge in [0.25, 0.3) is 0 Å². The summed E-state index contributed by atoms with van der Waals surface area (Å²) in [5, 5.41) is 3.43. The molecular weight excluding hydrogens is 220 g/mol. The molecule has 0 aliphatic heterocycles. The Hall–Kier alpha value is -0.960. The smallest absolute Gasteiger partial charge is 0.159 e. The average molecular weight is 239 g/mol. The van der Waals surface area contributed by atoms with Gasteiger partial charge in [-0.05, 0) is 55.8 Å². The van der Waals surface area contributed by atoms with E-state index in [9.17, 15) is 8.78 Å². The summed E-state index contributed by atoms with van der Waals surface area (Å²) < 4.78 is 26.0. The molecule has 0 bridgehead atoms. The van der Waals surface area contributed by atoms with Crippen LogP contribution < -0.4 is 5.32 Å². The molecule has 1 atom stereocenters. The molecule has 0 aromatic heterocycles. The summed E-state index contributed by atoms with van der Waals surface area (Å²) in [4.78, 5) is 0. The van der Waals surface area contributed by atoms with Crippen LogP contribution in [-0.2, 0) is 6.42 Å². The highest BCUT2D eigenvalue weighted by molar-refractivity contribution is 5.22. The van der Waals surface area contributed by atoms with Gasteiger partial charge in [0, 0.05) is 6.04 Å². The van der Waals surface area contributed by atoms with Gasteiger partial charge in [-0.1, -0.05) is 13.0 Å². The summed E-state index contributed by atoms with van der Waals surface area (Å²) >= 11 is 0. The van der Waals surface area contributed by atoms with Crippen LogP contribution in [0.5, 0.6) is 0 Å². The zero-order valence-corrected chi connectivity index (χ0v) is 10.4. The Morgan fingerprint density at radius 2 is 2.00 bits per heavy atom. The van der Waals surface area contributed by atoms with Gasteiger partial charge >= 0.3 is 0 Å². The number of hydrogen-bond donors (Lipinski definition) is 1. The predicted octanol–water partition coefficient (Wildman–Crippen LogP) is 3.29. The van der Waals surface area contributed by atoms with Crippen molar-refractivity contribution >= 4 is 0 Å². The molecule has 94 valence electrons. The Balaban J connectivity index is 2.07. The molecule has 0 saturated heterocycles. The number of rotatable bonds is 5. The fourth-order valence-corrected chi connectivity index (χ4v) is 2.50. The van der Waals surface area contributed by atoms with E-state index in [-0.39, 0.29) is 5.41 Å². The number of nitrogens with one attached hydrogen (secondary N) is 1. The minimum Gasteiger partial charge on any atom is -0.314 e. The Kier molecular flexibility index (Phi) is 3.48. The minimum absolute atomic E-state index is 0.250. The van der Waals surface area contributed by atoms with E-state index in [1.807, 2.05) is 0 Å². The van der Waals surface area contributed by atoms with E-state index in [0.29, 0.717) is 6.04 Å². The summed E-state index contributed by atoms with van der Waals surface area (Å²) in [5.74, 6) is -1.51. The third-order valence-electron chi connectivity index (χ3n) is 3.86. The van der Waals surface area contributed by atoms with Crippen LogP contribution >= 0.6 is 0 Å². The lowest BCUT2D eigenvalue weighted by molar-refractivity contribution is 0.355. The lowest BCUT2D eigenvalue weighted by atomic mass is 9.89. The maximum Gasteiger partial charge on any atom is 0.159 e. The summed E-state index contributed by atoms with van der Waals surface area (Å²) in [7, 11) is 0. The highest BCUT2D eigenvalue weighted by atomic mass is 19.2. The maximum atomic E-state index is 13.1. The predicted molar refractivity (Wildman–Crippen MR) is 64.9 cm³/mol. The lowest BCUT2D eigenvalue weighted by Gasteiger charge is -2.24. The van der Waals surface area contributed by atoms with Crippen LogP contribution in [0.1, 0.15) is 32.3 Å². The zero-order chi connectivity index (χ0) is 12.5. The van der Waals surface area contributed by atoms with Gasteiger partial charge in [0.05, 0.1) is 0 Å². The maximum absolute atomic E-state index is 13.1. The molecule has 1 aromatic rings. The second-order valence-electron chi connectivity index (χ2n) is 5.07. The van der Waals surface area contributed by atoms with Crippen LogP contribution in [-0.4, -0.2) is 12.6 Å². The van der Waals surface area contributed by atoms with Gasteiger partial charge in [0.1, 0.15) is 0 Å². The van der Waals surface area contributed by atoms with Gasteiger partial charge in [-0.2, -0.15) is 0 Å². The van der Waals surface area contributed by atoms with Gasteiger partial charge < -0.3 is 5.32 Å². The summed E-state index contributed by atoms with van der Waals surface area (Å²) in [5.41, 5.74) is 1.14. The third kappa shape index (κ3) is 2.65. The molecular formula is C14H19F2N.